The van der Waals surface area contributed by atoms with Crippen LogP contribution in [0.2, 0.25) is 0 Å². The van der Waals surface area contributed by atoms with Crippen molar-refractivity contribution in [3.8, 4) is 0 Å². The zero-order valence-electron chi connectivity index (χ0n) is 12.4. The molecule has 5 heteroatoms. The number of hydrogen-bond donors (Lipinski definition) is 0. The monoisotopic (exact) mass is 278 g/mol. The number of carbonyl (C=O) groups excluding carboxylic acids is 1. The molecule has 1 aliphatic heterocycles. The third-order valence-corrected chi connectivity index (χ3v) is 3.86. The Morgan fingerprint density at radius 3 is 2.85 bits per heavy atom. The van der Waals surface area contributed by atoms with Gasteiger partial charge in [0.15, 0.2) is 0 Å². The minimum Gasteiger partial charge on any atom is -0.465 e. The normalized spacial score (nSPS) is 23.6. The van der Waals surface area contributed by atoms with Gasteiger partial charge in [-0.25, -0.2) is 4.79 Å². The third kappa shape index (κ3) is 3.55. The van der Waals surface area contributed by atoms with E-state index in [1.165, 1.54) is 7.11 Å². The van der Waals surface area contributed by atoms with Crippen LogP contribution in [0.3, 0.4) is 0 Å². The molecular weight excluding hydrogens is 256 g/mol. The van der Waals surface area contributed by atoms with E-state index in [2.05, 4.69) is 21.5 Å². The van der Waals surface area contributed by atoms with Gasteiger partial charge >= 0.3 is 5.97 Å². The van der Waals surface area contributed by atoms with E-state index in [4.69, 9.17) is 4.74 Å². The van der Waals surface area contributed by atoms with E-state index in [-0.39, 0.29) is 11.6 Å². The number of likely N-dealkylation sites (tertiary alicyclic amines) is 1. The van der Waals surface area contributed by atoms with E-state index < -0.39 is 0 Å². The van der Waals surface area contributed by atoms with Crippen LogP contribution in [-0.2, 0) is 16.0 Å². The molecule has 5 nitrogen and oxygen atoms in total. The molecule has 0 N–H and O–H groups in total. The van der Waals surface area contributed by atoms with E-state index >= 15 is 0 Å². The Kier molecular flexibility index (Phi) is 4.73. The minimum atomic E-state index is -0.353. The lowest BCUT2D eigenvalue weighted by Gasteiger charge is -2.39. The molecule has 1 atom stereocenters. The second-order valence-electron chi connectivity index (χ2n) is 5.50. The first-order valence-electron chi connectivity index (χ1n) is 6.87. The fourth-order valence-electron chi connectivity index (χ4n) is 2.60. The van der Waals surface area contributed by atoms with Crippen molar-refractivity contribution in [2.75, 3.05) is 27.3 Å². The summed E-state index contributed by atoms with van der Waals surface area (Å²) in [4.78, 5) is 18.0. The first kappa shape index (κ1) is 14.9. The second-order valence-corrected chi connectivity index (χ2v) is 5.50. The Bertz CT molecular complexity index is 461. The summed E-state index contributed by atoms with van der Waals surface area (Å²) >= 11 is 0. The van der Waals surface area contributed by atoms with E-state index in [0.29, 0.717) is 5.56 Å². The number of piperidine rings is 1. The number of pyridine rings is 1. The maximum Gasteiger partial charge on any atom is 0.339 e. The van der Waals surface area contributed by atoms with Crippen LogP contribution >= 0.6 is 0 Å². The lowest BCUT2D eigenvalue weighted by atomic mass is 9.94. The van der Waals surface area contributed by atoms with E-state index in [1.54, 1.807) is 19.4 Å². The summed E-state index contributed by atoms with van der Waals surface area (Å²) in [6.07, 6.45) is 3.79. The molecule has 0 amide bonds. The highest BCUT2D eigenvalue weighted by Gasteiger charge is 2.30. The average molecular weight is 278 g/mol. The highest BCUT2D eigenvalue weighted by molar-refractivity contribution is 5.88. The quantitative estimate of drug-likeness (QED) is 0.787. The molecule has 1 unspecified atom stereocenters. The molecule has 2 heterocycles. The fourth-order valence-corrected chi connectivity index (χ4v) is 2.60. The predicted octanol–water partition coefficient (Wildman–Crippen LogP) is 1.87. The number of carbonyl (C=O) groups is 1. The van der Waals surface area contributed by atoms with E-state index in [9.17, 15) is 4.79 Å². The largest absolute Gasteiger partial charge is 0.465 e. The van der Waals surface area contributed by atoms with Crippen LogP contribution in [0.5, 0.6) is 0 Å². The predicted molar refractivity (Wildman–Crippen MR) is 75.5 cm³/mol. The summed E-state index contributed by atoms with van der Waals surface area (Å²) in [5.74, 6) is -0.353. The van der Waals surface area contributed by atoms with Gasteiger partial charge in [0.1, 0.15) is 0 Å². The third-order valence-electron chi connectivity index (χ3n) is 3.86. The number of rotatable bonds is 4. The van der Waals surface area contributed by atoms with Crippen LogP contribution in [-0.4, -0.2) is 48.8 Å². The van der Waals surface area contributed by atoms with Crippen molar-refractivity contribution < 1.29 is 14.3 Å². The molecule has 20 heavy (non-hydrogen) atoms. The summed E-state index contributed by atoms with van der Waals surface area (Å²) in [7, 11) is 3.14. The lowest BCUT2D eigenvalue weighted by molar-refractivity contribution is -0.0529. The smallest absolute Gasteiger partial charge is 0.339 e. The van der Waals surface area contributed by atoms with Crippen molar-refractivity contribution in [1.82, 2.24) is 9.88 Å². The number of nitrogens with zero attached hydrogens (tertiary/aromatic N) is 2. The summed E-state index contributed by atoms with van der Waals surface area (Å²) in [6.45, 7) is 4.89. The molecule has 2 rings (SSSR count). The average Bonchev–Trinajstić information content (AvgIpc) is 2.47. The molecule has 1 aliphatic rings. The number of aromatic nitrogens is 1. The molecule has 0 bridgehead atoms. The molecule has 1 aromatic rings. The molecule has 0 aromatic carbocycles. The standard InChI is InChI=1S/C15H22N2O3/c1-15(20-3)7-4-8-17(11-15)10-13-6-5-12(9-16-13)14(18)19-2/h5-6,9H,4,7-8,10-11H2,1-3H3. The Hall–Kier alpha value is -1.46. The summed E-state index contributed by atoms with van der Waals surface area (Å²) < 4.78 is 10.3. The van der Waals surface area contributed by atoms with Crippen molar-refractivity contribution in [2.45, 2.75) is 31.9 Å². The molecule has 0 spiro atoms. The van der Waals surface area contributed by atoms with Gasteiger partial charge in [-0.3, -0.25) is 9.88 Å². The van der Waals surface area contributed by atoms with Gasteiger partial charge in [-0.2, -0.15) is 0 Å². The van der Waals surface area contributed by atoms with Crippen LogP contribution in [0.25, 0.3) is 0 Å². The highest BCUT2D eigenvalue weighted by atomic mass is 16.5. The highest BCUT2D eigenvalue weighted by Crippen LogP contribution is 2.24. The van der Waals surface area contributed by atoms with Crippen LogP contribution in [0.15, 0.2) is 18.3 Å². The summed E-state index contributed by atoms with van der Waals surface area (Å²) in [6, 6.07) is 3.64. The van der Waals surface area contributed by atoms with Gasteiger partial charge in [0.25, 0.3) is 0 Å². The van der Waals surface area contributed by atoms with Gasteiger partial charge in [0.2, 0.25) is 0 Å². The van der Waals surface area contributed by atoms with Gasteiger partial charge in [-0.1, -0.05) is 0 Å². The summed E-state index contributed by atoms with van der Waals surface area (Å²) in [5.41, 5.74) is 1.37. The Morgan fingerprint density at radius 2 is 2.25 bits per heavy atom. The lowest BCUT2D eigenvalue weighted by Crippen LogP contribution is -2.46. The zero-order valence-corrected chi connectivity index (χ0v) is 12.4. The minimum absolute atomic E-state index is 0.0653. The van der Waals surface area contributed by atoms with E-state index in [0.717, 1.165) is 38.2 Å². The second kappa shape index (κ2) is 6.33. The Morgan fingerprint density at radius 1 is 1.45 bits per heavy atom. The number of hydrogen-bond acceptors (Lipinski definition) is 5. The van der Waals surface area contributed by atoms with Crippen molar-refractivity contribution in [1.29, 1.82) is 0 Å². The van der Waals surface area contributed by atoms with Crippen LogP contribution in [0.1, 0.15) is 35.8 Å². The number of methoxy groups -OCH3 is 2. The molecule has 110 valence electrons. The first-order chi connectivity index (χ1) is 9.56. The molecule has 0 saturated carbocycles. The number of esters is 1. The van der Waals surface area contributed by atoms with Gasteiger partial charge < -0.3 is 9.47 Å². The van der Waals surface area contributed by atoms with Crippen molar-refractivity contribution in [3.05, 3.63) is 29.6 Å². The van der Waals surface area contributed by atoms with Crippen LogP contribution < -0.4 is 0 Å². The molecule has 1 saturated heterocycles. The van der Waals surface area contributed by atoms with Crippen molar-refractivity contribution >= 4 is 5.97 Å². The van der Waals surface area contributed by atoms with Gasteiger partial charge in [0.05, 0.1) is 24.0 Å². The topological polar surface area (TPSA) is 51.7 Å². The number of ether oxygens (including phenoxy) is 2. The SMILES string of the molecule is COC(=O)c1ccc(CN2CCCC(C)(OC)C2)nc1. The van der Waals surface area contributed by atoms with Gasteiger partial charge in [0, 0.05) is 26.4 Å². The molecular formula is C15H22N2O3. The van der Waals surface area contributed by atoms with Crippen molar-refractivity contribution in [3.63, 3.8) is 0 Å². The first-order valence-corrected chi connectivity index (χ1v) is 6.87. The molecule has 0 aliphatic carbocycles. The fraction of sp³-hybridized carbons (Fsp3) is 0.600. The van der Waals surface area contributed by atoms with Crippen LogP contribution in [0, 0.1) is 0 Å². The van der Waals surface area contributed by atoms with Crippen molar-refractivity contribution in [2.24, 2.45) is 0 Å². The molecule has 1 aromatic heterocycles. The van der Waals surface area contributed by atoms with Gasteiger partial charge in [-0.05, 0) is 38.4 Å². The molecule has 0 radical (unpaired) electrons. The Labute approximate surface area is 119 Å². The maximum atomic E-state index is 11.3. The Balaban J connectivity index is 1.98. The molecule has 1 fully saturated rings. The van der Waals surface area contributed by atoms with E-state index in [1.807, 2.05) is 6.07 Å². The van der Waals surface area contributed by atoms with Gasteiger partial charge in [-0.15, -0.1) is 0 Å². The zero-order chi connectivity index (χ0) is 14.6. The maximum absolute atomic E-state index is 11.3. The van der Waals surface area contributed by atoms with Crippen LogP contribution in [0.4, 0.5) is 0 Å². The summed E-state index contributed by atoms with van der Waals surface area (Å²) in [5, 5.41) is 0.